The summed E-state index contributed by atoms with van der Waals surface area (Å²) in [5.41, 5.74) is -0.691. The molecule has 0 bridgehead atoms. The van der Waals surface area contributed by atoms with E-state index in [0.29, 0.717) is 6.07 Å². The van der Waals surface area contributed by atoms with Crippen molar-refractivity contribution in [1.82, 2.24) is 0 Å². The molecular formula is C14H9F5N2S. The van der Waals surface area contributed by atoms with E-state index in [1.54, 1.807) is 0 Å². The van der Waals surface area contributed by atoms with Crippen LogP contribution in [-0.4, -0.2) is 5.11 Å². The minimum absolute atomic E-state index is 0.0435. The molecule has 0 heterocycles. The number of benzene rings is 2. The zero-order valence-corrected chi connectivity index (χ0v) is 11.7. The molecule has 0 aliphatic rings. The van der Waals surface area contributed by atoms with Gasteiger partial charge in [0.2, 0.25) is 0 Å². The smallest absolute Gasteiger partial charge is 0.332 e. The van der Waals surface area contributed by atoms with Crippen molar-refractivity contribution < 1.29 is 22.0 Å². The lowest BCUT2D eigenvalue weighted by Gasteiger charge is -2.13. The molecule has 116 valence electrons. The molecule has 0 unspecified atom stereocenters. The standard InChI is InChI=1S/C14H9F5N2S/c15-9-5-10(16)7-12(6-9)21-13(22)20-11-3-1-2-8(4-11)14(17,18)19/h1-7H,(H2,20,21,22). The van der Waals surface area contributed by atoms with E-state index in [1.165, 1.54) is 12.1 Å². The first-order valence-corrected chi connectivity index (χ1v) is 6.36. The topological polar surface area (TPSA) is 24.1 Å². The van der Waals surface area contributed by atoms with Gasteiger partial charge in [-0.15, -0.1) is 0 Å². The quantitative estimate of drug-likeness (QED) is 0.611. The van der Waals surface area contributed by atoms with Crippen LogP contribution >= 0.6 is 12.2 Å². The second kappa shape index (κ2) is 6.27. The van der Waals surface area contributed by atoms with Gasteiger partial charge in [0.1, 0.15) is 11.6 Å². The fourth-order valence-corrected chi connectivity index (χ4v) is 1.93. The van der Waals surface area contributed by atoms with Crippen LogP contribution in [0.3, 0.4) is 0 Å². The van der Waals surface area contributed by atoms with E-state index < -0.39 is 23.4 Å². The summed E-state index contributed by atoms with van der Waals surface area (Å²) in [6.07, 6.45) is -4.47. The largest absolute Gasteiger partial charge is 0.416 e. The normalized spacial score (nSPS) is 11.1. The lowest BCUT2D eigenvalue weighted by molar-refractivity contribution is -0.137. The highest BCUT2D eigenvalue weighted by Crippen LogP contribution is 2.30. The van der Waals surface area contributed by atoms with Gasteiger partial charge in [-0.1, -0.05) is 6.07 Å². The summed E-state index contributed by atoms with van der Waals surface area (Å²) in [6.45, 7) is 0. The molecule has 0 aliphatic heterocycles. The first-order chi connectivity index (χ1) is 10.2. The lowest BCUT2D eigenvalue weighted by Crippen LogP contribution is -2.19. The predicted molar refractivity (Wildman–Crippen MR) is 77.6 cm³/mol. The monoisotopic (exact) mass is 332 g/mol. The van der Waals surface area contributed by atoms with Crippen molar-refractivity contribution in [2.75, 3.05) is 10.6 Å². The number of thiocarbonyl (C=S) groups is 1. The highest BCUT2D eigenvalue weighted by molar-refractivity contribution is 7.80. The molecular weight excluding hydrogens is 323 g/mol. The van der Waals surface area contributed by atoms with Gasteiger partial charge in [-0.05, 0) is 42.5 Å². The number of rotatable bonds is 2. The summed E-state index contributed by atoms with van der Waals surface area (Å²) in [7, 11) is 0. The molecule has 2 rings (SSSR count). The Morgan fingerprint density at radius 2 is 1.45 bits per heavy atom. The Hall–Kier alpha value is -2.22. The first kappa shape index (κ1) is 16.2. The molecule has 2 N–H and O–H groups in total. The van der Waals surface area contributed by atoms with Gasteiger partial charge in [0.15, 0.2) is 5.11 Å². The molecule has 2 nitrogen and oxygen atoms in total. The summed E-state index contributed by atoms with van der Waals surface area (Å²) < 4.78 is 63.8. The maximum atomic E-state index is 13.0. The Kier molecular flexibility index (Phi) is 4.60. The first-order valence-electron chi connectivity index (χ1n) is 5.95. The highest BCUT2D eigenvalue weighted by atomic mass is 32.1. The molecule has 0 saturated heterocycles. The van der Waals surface area contributed by atoms with E-state index in [4.69, 9.17) is 12.2 Å². The molecule has 0 radical (unpaired) electrons. The minimum atomic E-state index is -4.47. The Balaban J connectivity index is 2.09. The highest BCUT2D eigenvalue weighted by Gasteiger charge is 2.30. The van der Waals surface area contributed by atoms with Crippen LogP contribution in [0.2, 0.25) is 0 Å². The molecule has 2 aromatic rings. The third kappa shape index (κ3) is 4.39. The van der Waals surface area contributed by atoms with Crippen molar-refractivity contribution in [2.24, 2.45) is 0 Å². The zero-order valence-electron chi connectivity index (χ0n) is 10.8. The number of hydrogen-bond acceptors (Lipinski definition) is 1. The van der Waals surface area contributed by atoms with E-state index in [-0.39, 0.29) is 16.5 Å². The number of nitrogens with one attached hydrogen (secondary N) is 2. The molecule has 8 heteroatoms. The van der Waals surface area contributed by atoms with Gasteiger partial charge in [0.05, 0.1) is 5.56 Å². The van der Waals surface area contributed by atoms with E-state index in [9.17, 15) is 22.0 Å². The summed E-state index contributed by atoms with van der Waals surface area (Å²) in [4.78, 5) is 0. The average molecular weight is 332 g/mol. The Labute approximate surface area is 128 Å². The Morgan fingerprint density at radius 3 is 2.05 bits per heavy atom. The van der Waals surface area contributed by atoms with Crippen LogP contribution in [0, 0.1) is 11.6 Å². The minimum Gasteiger partial charge on any atom is -0.332 e. The molecule has 0 amide bonds. The maximum Gasteiger partial charge on any atom is 0.416 e. The zero-order chi connectivity index (χ0) is 16.3. The lowest BCUT2D eigenvalue weighted by atomic mass is 10.2. The summed E-state index contributed by atoms with van der Waals surface area (Å²) in [5, 5.41) is 4.91. The van der Waals surface area contributed by atoms with Gasteiger partial charge in [0.25, 0.3) is 0 Å². The summed E-state index contributed by atoms with van der Waals surface area (Å²) in [5.74, 6) is -1.60. The number of halogens is 5. The van der Waals surface area contributed by atoms with Crippen molar-refractivity contribution in [3.8, 4) is 0 Å². The van der Waals surface area contributed by atoms with Gasteiger partial charge in [-0.3, -0.25) is 0 Å². The number of anilines is 2. The van der Waals surface area contributed by atoms with Crippen molar-refractivity contribution in [3.05, 3.63) is 59.7 Å². The third-order valence-corrected chi connectivity index (χ3v) is 2.77. The van der Waals surface area contributed by atoms with Gasteiger partial charge < -0.3 is 10.6 Å². The average Bonchev–Trinajstić information content (AvgIpc) is 2.36. The fraction of sp³-hybridized carbons (Fsp3) is 0.0714. The Morgan fingerprint density at radius 1 is 0.864 bits per heavy atom. The van der Waals surface area contributed by atoms with E-state index >= 15 is 0 Å². The predicted octanol–water partition coefficient (Wildman–Crippen LogP) is 4.79. The van der Waals surface area contributed by atoms with Crippen LogP contribution in [0.25, 0.3) is 0 Å². The maximum absolute atomic E-state index is 13.0. The van der Waals surface area contributed by atoms with Crippen LogP contribution in [0.4, 0.5) is 33.3 Å². The van der Waals surface area contributed by atoms with E-state index in [2.05, 4.69) is 10.6 Å². The van der Waals surface area contributed by atoms with Crippen molar-refractivity contribution in [2.45, 2.75) is 6.18 Å². The molecule has 0 spiro atoms. The molecule has 0 aliphatic carbocycles. The van der Waals surface area contributed by atoms with Gasteiger partial charge in [0, 0.05) is 17.4 Å². The van der Waals surface area contributed by atoms with Crippen molar-refractivity contribution in [1.29, 1.82) is 0 Å². The van der Waals surface area contributed by atoms with E-state index in [0.717, 1.165) is 24.3 Å². The van der Waals surface area contributed by atoms with Crippen molar-refractivity contribution in [3.63, 3.8) is 0 Å². The molecule has 0 atom stereocenters. The molecule has 0 aromatic heterocycles. The molecule has 0 fully saturated rings. The van der Waals surface area contributed by atoms with Crippen LogP contribution in [0.1, 0.15) is 5.56 Å². The van der Waals surface area contributed by atoms with Crippen LogP contribution in [-0.2, 0) is 6.18 Å². The summed E-state index contributed by atoms with van der Waals surface area (Å²) >= 11 is 4.89. The van der Waals surface area contributed by atoms with Gasteiger partial charge in [-0.25, -0.2) is 8.78 Å². The Bertz CT molecular complexity index is 680. The third-order valence-electron chi connectivity index (χ3n) is 2.57. The SMILES string of the molecule is Fc1cc(F)cc(NC(=S)Nc2cccc(C(F)(F)F)c2)c1. The van der Waals surface area contributed by atoms with Crippen LogP contribution in [0.5, 0.6) is 0 Å². The summed E-state index contributed by atoms with van der Waals surface area (Å²) in [6, 6.07) is 7.09. The second-order valence-electron chi connectivity index (χ2n) is 4.32. The fourth-order valence-electron chi connectivity index (χ4n) is 1.69. The number of alkyl halides is 3. The van der Waals surface area contributed by atoms with Crippen LogP contribution < -0.4 is 10.6 Å². The number of hydrogen-bond donors (Lipinski definition) is 2. The van der Waals surface area contributed by atoms with Crippen molar-refractivity contribution >= 4 is 28.7 Å². The van der Waals surface area contributed by atoms with E-state index in [1.807, 2.05) is 0 Å². The van der Waals surface area contributed by atoms with Gasteiger partial charge in [-0.2, -0.15) is 13.2 Å². The molecule has 22 heavy (non-hydrogen) atoms. The second-order valence-corrected chi connectivity index (χ2v) is 4.72. The molecule has 0 saturated carbocycles. The van der Waals surface area contributed by atoms with Gasteiger partial charge >= 0.3 is 6.18 Å². The molecule has 2 aromatic carbocycles. The van der Waals surface area contributed by atoms with Crippen LogP contribution in [0.15, 0.2) is 42.5 Å².